The lowest BCUT2D eigenvalue weighted by atomic mass is 9.99. The average molecular weight is 225 g/mol. The van der Waals surface area contributed by atoms with E-state index in [2.05, 4.69) is 0 Å². The molecule has 0 saturated heterocycles. The summed E-state index contributed by atoms with van der Waals surface area (Å²) < 4.78 is 0. The van der Waals surface area contributed by atoms with Crippen LogP contribution in [0.25, 0.3) is 0 Å². The highest BCUT2D eigenvalue weighted by molar-refractivity contribution is 6.67. The highest BCUT2D eigenvalue weighted by Gasteiger charge is 2.13. The predicted octanol–water partition coefficient (Wildman–Crippen LogP) is 2.47. The minimum absolute atomic E-state index is 0.214. The third kappa shape index (κ3) is 2.50. The zero-order valence-corrected chi connectivity index (χ0v) is 9.09. The third-order valence-electron chi connectivity index (χ3n) is 2.01. The average Bonchev–Trinajstić information content (AvgIpc) is 2.16. The monoisotopic (exact) mass is 224 g/mol. The van der Waals surface area contributed by atoms with Crippen LogP contribution < -0.4 is 0 Å². The van der Waals surface area contributed by atoms with Gasteiger partial charge in [0.15, 0.2) is 11.6 Å². The molecule has 78 valence electrons. The Morgan fingerprint density at radius 2 is 1.53 bits per heavy atom. The Kier molecular flexibility index (Phi) is 3.37. The summed E-state index contributed by atoms with van der Waals surface area (Å²) in [5, 5.41) is -0.646. The van der Waals surface area contributed by atoms with Gasteiger partial charge < -0.3 is 0 Å². The van der Waals surface area contributed by atoms with Crippen molar-refractivity contribution in [3.63, 3.8) is 0 Å². The Bertz CT molecular complexity index is 449. The summed E-state index contributed by atoms with van der Waals surface area (Å²) in [6.45, 7) is 2.70. The number of ketones is 2. The first-order chi connectivity index (χ1) is 6.93. The maximum atomic E-state index is 11.2. The highest BCUT2D eigenvalue weighted by Crippen LogP contribution is 2.15. The number of hydrogen-bond donors (Lipinski definition) is 0. The smallest absolute Gasteiger partial charge is 0.252 e. The van der Waals surface area contributed by atoms with Crippen LogP contribution in [0.15, 0.2) is 18.2 Å². The molecule has 0 heterocycles. The molecule has 1 rings (SSSR count). The Hall–Kier alpha value is -1.48. The zero-order chi connectivity index (χ0) is 11.6. The van der Waals surface area contributed by atoms with Gasteiger partial charge in [0.2, 0.25) is 0 Å². The molecule has 0 aliphatic heterocycles. The Morgan fingerprint density at radius 1 is 1.00 bits per heavy atom. The molecule has 0 radical (unpaired) electrons. The summed E-state index contributed by atoms with van der Waals surface area (Å²) >= 11 is 5.28. The number of carbonyl (C=O) groups is 3. The van der Waals surface area contributed by atoms with Gasteiger partial charge in [0, 0.05) is 16.7 Å². The fourth-order valence-corrected chi connectivity index (χ4v) is 1.38. The Morgan fingerprint density at radius 3 is 1.93 bits per heavy atom. The van der Waals surface area contributed by atoms with E-state index >= 15 is 0 Å². The van der Waals surface area contributed by atoms with Crippen molar-refractivity contribution in [1.29, 1.82) is 0 Å². The molecule has 0 saturated carbocycles. The van der Waals surface area contributed by atoms with Crippen LogP contribution in [0.5, 0.6) is 0 Å². The maximum Gasteiger partial charge on any atom is 0.252 e. The van der Waals surface area contributed by atoms with Crippen molar-refractivity contribution in [2.45, 2.75) is 13.8 Å². The number of hydrogen-bond acceptors (Lipinski definition) is 3. The van der Waals surface area contributed by atoms with Gasteiger partial charge in [-0.25, -0.2) is 0 Å². The molecule has 0 unspecified atom stereocenters. The molecular weight excluding hydrogens is 216 g/mol. The van der Waals surface area contributed by atoms with Gasteiger partial charge in [0.1, 0.15) is 0 Å². The van der Waals surface area contributed by atoms with Gasteiger partial charge in [0.05, 0.1) is 0 Å². The van der Waals surface area contributed by atoms with E-state index in [9.17, 15) is 14.4 Å². The first-order valence-corrected chi connectivity index (χ1v) is 4.67. The molecule has 0 aliphatic rings. The van der Waals surface area contributed by atoms with Crippen LogP contribution in [0.4, 0.5) is 0 Å². The first kappa shape index (κ1) is 11.6. The molecule has 1 aromatic rings. The van der Waals surface area contributed by atoms with Gasteiger partial charge >= 0.3 is 0 Å². The fraction of sp³-hybridized carbons (Fsp3) is 0.182. The van der Waals surface area contributed by atoms with Gasteiger partial charge in [-0.1, -0.05) is 0 Å². The van der Waals surface area contributed by atoms with E-state index in [-0.39, 0.29) is 22.7 Å². The molecule has 0 aromatic heterocycles. The molecule has 0 atom stereocenters. The minimum Gasteiger partial charge on any atom is -0.294 e. The third-order valence-corrected chi connectivity index (χ3v) is 2.22. The Balaban J connectivity index is 3.40. The second kappa shape index (κ2) is 4.36. The molecule has 0 amide bonds. The summed E-state index contributed by atoms with van der Waals surface area (Å²) in [5.41, 5.74) is 0.755. The topological polar surface area (TPSA) is 51.2 Å². The molecule has 0 spiro atoms. The van der Waals surface area contributed by atoms with Crippen LogP contribution in [0.2, 0.25) is 0 Å². The number of rotatable bonds is 3. The summed E-state index contributed by atoms with van der Waals surface area (Å²) in [7, 11) is 0. The number of carbonyl (C=O) groups excluding carboxylic acids is 3. The lowest BCUT2D eigenvalue weighted by molar-refractivity contribution is 0.0980. The number of halogens is 1. The second-order valence-corrected chi connectivity index (χ2v) is 3.49. The summed E-state index contributed by atoms with van der Waals surface area (Å²) in [4.78, 5) is 33.3. The Labute approximate surface area is 92.0 Å². The highest BCUT2D eigenvalue weighted by atomic mass is 35.5. The van der Waals surface area contributed by atoms with Gasteiger partial charge in [-0.3, -0.25) is 14.4 Å². The van der Waals surface area contributed by atoms with Crippen molar-refractivity contribution in [1.82, 2.24) is 0 Å². The van der Waals surface area contributed by atoms with Crippen molar-refractivity contribution in [2.24, 2.45) is 0 Å². The summed E-state index contributed by atoms with van der Waals surface area (Å²) in [5.74, 6) is -0.478. The van der Waals surface area contributed by atoms with Crippen molar-refractivity contribution < 1.29 is 14.4 Å². The van der Waals surface area contributed by atoms with E-state index in [1.54, 1.807) is 0 Å². The molecule has 3 nitrogen and oxygen atoms in total. The standard InChI is InChI=1S/C11H9ClO3/c1-6(13)9-4-3-8(11(12)15)5-10(9)7(2)14/h3-5H,1-2H3. The van der Waals surface area contributed by atoms with Gasteiger partial charge in [-0.2, -0.15) is 0 Å². The minimum atomic E-state index is -0.646. The van der Waals surface area contributed by atoms with Crippen molar-refractivity contribution in [3.8, 4) is 0 Å². The van der Waals surface area contributed by atoms with Crippen molar-refractivity contribution in [2.75, 3.05) is 0 Å². The van der Waals surface area contributed by atoms with Crippen LogP contribution in [0, 0.1) is 0 Å². The molecule has 0 bridgehead atoms. The predicted molar refractivity (Wildman–Crippen MR) is 56.6 cm³/mol. The van der Waals surface area contributed by atoms with Crippen molar-refractivity contribution >= 4 is 28.4 Å². The van der Waals surface area contributed by atoms with Gasteiger partial charge in [0.25, 0.3) is 5.24 Å². The summed E-state index contributed by atoms with van der Waals surface area (Å²) in [6, 6.07) is 4.21. The lowest BCUT2D eigenvalue weighted by Gasteiger charge is -2.04. The fourth-order valence-electron chi connectivity index (χ4n) is 1.26. The first-order valence-electron chi connectivity index (χ1n) is 4.29. The van der Waals surface area contributed by atoms with E-state index in [0.29, 0.717) is 5.56 Å². The van der Waals surface area contributed by atoms with Gasteiger partial charge in [-0.15, -0.1) is 0 Å². The molecule has 15 heavy (non-hydrogen) atoms. The summed E-state index contributed by atoms with van der Waals surface area (Å²) in [6.07, 6.45) is 0. The normalized spacial score (nSPS) is 9.80. The molecular formula is C11H9ClO3. The zero-order valence-electron chi connectivity index (χ0n) is 8.33. The van der Waals surface area contributed by atoms with Crippen LogP contribution in [0.3, 0.4) is 0 Å². The van der Waals surface area contributed by atoms with Crippen LogP contribution in [-0.4, -0.2) is 16.8 Å². The molecule has 4 heteroatoms. The maximum absolute atomic E-state index is 11.2. The van der Waals surface area contributed by atoms with Crippen LogP contribution in [0.1, 0.15) is 44.9 Å². The van der Waals surface area contributed by atoms with Crippen LogP contribution in [-0.2, 0) is 0 Å². The SMILES string of the molecule is CC(=O)c1ccc(C(=O)Cl)cc1C(C)=O. The molecule has 0 fully saturated rings. The molecule has 1 aromatic carbocycles. The number of Topliss-reactive ketones (excluding diaryl/α,β-unsaturated/α-hetero) is 2. The van der Waals surface area contributed by atoms with E-state index < -0.39 is 5.24 Å². The van der Waals surface area contributed by atoms with Gasteiger partial charge in [-0.05, 0) is 43.6 Å². The molecule has 0 N–H and O–H groups in total. The van der Waals surface area contributed by atoms with Crippen molar-refractivity contribution in [3.05, 3.63) is 34.9 Å². The largest absolute Gasteiger partial charge is 0.294 e. The van der Waals surface area contributed by atoms with E-state index in [1.807, 2.05) is 0 Å². The quantitative estimate of drug-likeness (QED) is 0.585. The van der Waals surface area contributed by atoms with E-state index in [1.165, 1.54) is 32.0 Å². The number of benzene rings is 1. The lowest BCUT2D eigenvalue weighted by Crippen LogP contribution is -2.05. The van der Waals surface area contributed by atoms with E-state index in [0.717, 1.165) is 0 Å². The molecule has 0 aliphatic carbocycles. The van der Waals surface area contributed by atoms with Crippen LogP contribution >= 0.6 is 11.6 Å². The van der Waals surface area contributed by atoms with E-state index in [4.69, 9.17) is 11.6 Å². The second-order valence-electron chi connectivity index (χ2n) is 3.15.